The summed E-state index contributed by atoms with van der Waals surface area (Å²) in [7, 11) is 2.97. The predicted molar refractivity (Wildman–Crippen MR) is 320 cm³/mol. The lowest BCUT2D eigenvalue weighted by Gasteiger charge is -2.34. The van der Waals surface area contributed by atoms with Gasteiger partial charge in [-0.25, -0.2) is 9.97 Å². The number of piperazine rings is 2. The molecule has 0 spiro atoms. The van der Waals surface area contributed by atoms with Gasteiger partial charge in [0.25, 0.3) is 22.2 Å². The highest BCUT2D eigenvalue weighted by Crippen LogP contribution is 2.38. The van der Waals surface area contributed by atoms with E-state index in [2.05, 4.69) is 90.4 Å². The molecule has 8 heterocycles. The average molecular weight is 1110 g/mol. The Kier molecular flexibility index (Phi) is 15.5. The molecule has 4 aromatic heterocycles. The summed E-state index contributed by atoms with van der Waals surface area (Å²) >= 11 is 2.87. The fourth-order valence-corrected chi connectivity index (χ4v) is 14.1. The Balaban J connectivity index is 0.000000169. The number of fused-ring (bicyclic) bond motifs is 6. The van der Waals surface area contributed by atoms with Crippen LogP contribution in [0.25, 0.3) is 64.8 Å². The molecule has 12 rings (SSSR count). The summed E-state index contributed by atoms with van der Waals surface area (Å²) in [6.07, 6.45) is 5.42. The minimum absolute atomic E-state index is 0.000182. The van der Waals surface area contributed by atoms with Gasteiger partial charge in [0.15, 0.2) is 0 Å². The van der Waals surface area contributed by atoms with Crippen LogP contribution in [0.1, 0.15) is 64.5 Å². The van der Waals surface area contributed by atoms with E-state index in [9.17, 15) is 19.2 Å². The van der Waals surface area contributed by atoms with Crippen LogP contribution >= 0.6 is 23.1 Å². The van der Waals surface area contributed by atoms with Gasteiger partial charge in [0.1, 0.15) is 40.7 Å². The molecular formula is C58H72N10O7S2Si. The maximum Gasteiger partial charge on any atom is 0.279 e. The van der Waals surface area contributed by atoms with Crippen molar-refractivity contribution >= 4 is 84.8 Å². The third-order valence-electron chi connectivity index (χ3n) is 15.8. The maximum atomic E-state index is 14.4. The molecular weight excluding hydrogens is 1040 g/mol. The van der Waals surface area contributed by atoms with E-state index in [4.69, 9.17) is 24.2 Å². The van der Waals surface area contributed by atoms with Gasteiger partial charge < -0.3 is 38.8 Å². The monoisotopic (exact) mass is 1110 g/mol. The van der Waals surface area contributed by atoms with E-state index in [0.717, 1.165) is 118 Å². The summed E-state index contributed by atoms with van der Waals surface area (Å²) in [5.41, 5.74) is 6.27. The smallest absolute Gasteiger partial charge is 0.279 e. The van der Waals surface area contributed by atoms with E-state index >= 15 is 0 Å². The highest BCUT2D eigenvalue weighted by atomic mass is 32.1. The van der Waals surface area contributed by atoms with Gasteiger partial charge in [-0.2, -0.15) is 0 Å². The van der Waals surface area contributed by atoms with Crippen LogP contribution < -0.4 is 41.5 Å². The number of anilines is 2. The van der Waals surface area contributed by atoms with E-state index < -0.39 is 8.07 Å². The number of ether oxygens (including phenoxy) is 3. The van der Waals surface area contributed by atoms with Crippen LogP contribution in [0, 0.1) is 0 Å². The van der Waals surface area contributed by atoms with E-state index in [-0.39, 0.29) is 41.1 Å². The standard InChI is InChI=1S/C32H43N5O4SSi.C26H29N5O3S/c1-22-9-6-7-16-41-27-20-23(35-14-12-34(2)13-15-35)19-26-29(27)33-28(32(39)36(26)21-40-17-18-43(3,4)5)24-10-8-11-25-30(24)42-37(22)31(25)38;1-16-6-3-4-13-34-21-15-17(30-11-9-29(2)10-12-30)14-20-23(21)28-22(25(32)27-20)18-7-5-8-19-24(18)35-31(16)26(19)33/h8,10-11,19-20,22H,6-7,9,12-18,21H2,1-5H3;5,7-8,14-16H,3-4,6,9-13H2,1-2H3,(H,27,32). The van der Waals surface area contributed by atoms with Crippen LogP contribution in [0.15, 0.2) is 79.8 Å². The highest BCUT2D eigenvalue weighted by Gasteiger charge is 2.26. The van der Waals surface area contributed by atoms with Crippen molar-refractivity contribution in [1.29, 1.82) is 0 Å². The molecule has 78 heavy (non-hydrogen) atoms. The molecule has 17 nitrogen and oxygen atoms in total. The van der Waals surface area contributed by atoms with Gasteiger partial charge in [-0.3, -0.25) is 31.7 Å². The van der Waals surface area contributed by atoms with Gasteiger partial charge in [0.05, 0.1) is 44.4 Å². The second kappa shape index (κ2) is 22.5. The second-order valence-electron chi connectivity index (χ2n) is 22.9. The molecule has 4 aliphatic rings. The largest absolute Gasteiger partial charge is 0.491 e. The van der Waals surface area contributed by atoms with E-state index in [1.807, 2.05) is 50.4 Å². The van der Waals surface area contributed by atoms with Gasteiger partial charge in [0.2, 0.25) is 0 Å². The van der Waals surface area contributed by atoms with Crippen LogP contribution in [0.4, 0.5) is 11.4 Å². The lowest BCUT2D eigenvalue weighted by molar-refractivity contribution is 0.0878. The number of nitrogens with one attached hydrogen (secondary N) is 1. The van der Waals surface area contributed by atoms with Crippen molar-refractivity contribution in [1.82, 2.24) is 37.2 Å². The molecule has 0 amide bonds. The molecule has 2 saturated heterocycles. The molecule has 0 saturated carbocycles. The number of aromatic nitrogens is 6. The summed E-state index contributed by atoms with van der Waals surface area (Å²) in [4.78, 5) is 76.6. The van der Waals surface area contributed by atoms with Crippen molar-refractivity contribution in [3.63, 3.8) is 0 Å². The lowest BCUT2D eigenvalue weighted by atomic mass is 10.1. The highest BCUT2D eigenvalue weighted by molar-refractivity contribution is 7.15. The molecule has 412 valence electrons. The first kappa shape index (κ1) is 53.8. The zero-order valence-corrected chi connectivity index (χ0v) is 48.7. The number of aromatic amines is 1. The van der Waals surface area contributed by atoms with Crippen molar-refractivity contribution < 1.29 is 14.2 Å². The molecule has 8 aromatic rings. The number of nitrogens with zero attached hydrogens (tertiary/aromatic N) is 9. The average Bonchev–Trinajstić information content (AvgIpc) is 4.14. The maximum absolute atomic E-state index is 14.4. The van der Waals surface area contributed by atoms with E-state index in [1.165, 1.54) is 23.1 Å². The molecule has 1 N–H and O–H groups in total. The number of benzene rings is 4. The van der Waals surface area contributed by atoms with Crippen molar-refractivity contribution in [2.24, 2.45) is 0 Å². The van der Waals surface area contributed by atoms with Crippen LogP contribution in [-0.2, 0) is 11.5 Å². The Morgan fingerprint density at radius 1 is 0.641 bits per heavy atom. The lowest BCUT2D eigenvalue weighted by Crippen LogP contribution is -2.44. The Morgan fingerprint density at radius 2 is 1.15 bits per heavy atom. The Bertz CT molecular complexity index is 3770. The van der Waals surface area contributed by atoms with Crippen molar-refractivity contribution in [2.75, 3.05) is 96.1 Å². The third-order valence-corrected chi connectivity index (χ3v) is 20.2. The SMILES string of the molecule is CC1CCCCOc2cc(N3CCN(C)CC3)cc3[nH]c(=O)c(nc23)-c2cccc3c(=O)n1sc23.CC1CCCCOc2cc(N3CCN(C)CC3)cc3c2nc(c(=O)n3COCC[Si](C)(C)C)-c2cccc3c(=O)n1sc23. The normalized spacial score (nSPS) is 18.9. The van der Waals surface area contributed by atoms with Crippen LogP contribution in [-0.4, -0.2) is 132 Å². The molecule has 20 heteroatoms. The number of likely N-dealkylation sites (N-methyl/N-ethyl adjacent to an activating group) is 2. The van der Waals surface area contributed by atoms with E-state index in [1.54, 1.807) is 4.57 Å². The Hall–Kier alpha value is -6.16. The Morgan fingerprint density at radius 3 is 1.71 bits per heavy atom. The Labute approximate surface area is 462 Å². The summed E-state index contributed by atoms with van der Waals surface area (Å²) in [6, 6.07) is 20.6. The minimum atomic E-state index is -1.31. The zero-order valence-electron chi connectivity index (χ0n) is 46.1. The summed E-state index contributed by atoms with van der Waals surface area (Å²) in [5.74, 6) is 1.38. The fourth-order valence-electron chi connectivity index (χ4n) is 10.9. The fraction of sp³-hybridized carbons (Fsp3) is 0.483. The van der Waals surface area contributed by atoms with Crippen LogP contribution in [0.2, 0.25) is 25.7 Å². The molecule has 2 fully saturated rings. The molecule has 8 bridgehead atoms. The second-order valence-corrected chi connectivity index (χ2v) is 30.5. The number of H-pyrrole nitrogens is 1. The first-order valence-corrected chi connectivity index (χ1v) is 33.0. The third kappa shape index (κ3) is 11.0. The van der Waals surface area contributed by atoms with Gasteiger partial charge in [-0.05, 0) is 96.8 Å². The van der Waals surface area contributed by atoms with Crippen LogP contribution in [0.3, 0.4) is 0 Å². The van der Waals surface area contributed by atoms with Gasteiger partial charge in [-0.15, -0.1) is 0 Å². The first-order valence-electron chi connectivity index (χ1n) is 27.8. The van der Waals surface area contributed by atoms with Crippen molar-refractivity contribution in [3.8, 4) is 34.0 Å². The molecule has 2 unspecified atom stereocenters. The number of rotatable bonds is 7. The van der Waals surface area contributed by atoms with Crippen molar-refractivity contribution in [3.05, 3.63) is 102 Å². The van der Waals surface area contributed by atoms with E-state index in [0.29, 0.717) is 86.7 Å². The van der Waals surface area contributed by atoms with Gasteiger partial charge in [-0.1, -0.05) is 67.0 Å². The zero-order chi connectivity index (χ0) is 54.4. The number of hydrogen-bond acceptors (Lipinski definition) is 15. The first-order chi connectivity index (χ1) is 37.6. The molecule has 0 aliphatic carbocycles. The predicted octanol–water partition coefficient (Wildman–Crippen LogP) is 9.47. The summed E-state index contributed by atoms with van der Waals surface area (Å²) in [6.45, 7) is 20.6. The van der Waals surface area contributed by atoms with Crippen LogP contribution in [0.5, 0.6) is 11.5 Å². The topological polar surface area (TPSA) is 165 Å². The molecule has 4 aromatic carbocycles. The van der Waals surface area contributed by atoms with Gasteiger partial charge in [0, 0.05) is 114 Å². The van der Waals surface area contributed by atoms with Gasteiger partial charge >= 0.3 is 0 Å². The summed E-state index contributed by atoms with van der Waals surface area (Å²) < 4.78 is 26.0. The summed E-state index contributed by atoms with van der Waals surface area (Å²) in [5, 5.41) is 1.27. The molecule has 2 atom stereocenters. The molecule has 0 radical (unpaired) electrons. The van der Waals surface area contributed by atoms with Crippen molar-refractivity contribution in [2.45, 2.75) is 96.9 Å². The number of hydrogen-bond donors (Lipinski definition) is 1. The minimum Gasteiger partial charge on any atom is -0.491 e. The quantitative estimate of drug-likeness (QED) is 0.119. The molecule has 4 aliphatic heterocycles.